The number of hydrogen-bond donors (Lipinski definition) is 0. The highest BCUT2D eigenvalue weighted by Gasteiger charge is 2.18. The molecule has 4 aromatic heterocycles. The lowest BCUT2D eigenvalue weighted by Crippen LogP contribution is -1.94. The van der Waals surface area contributed by atoms with Gasteiger partial charge in [-0.3, -0.25) is 0 Å². The minimum atomic E-state index is 1.17. The topological polar surface area (TPSA) is 22.2 Å². The van der Waals surface area contributed by atoms with Crippen molar-refractivity contribution in [1.82, 2.24) is 14.2 Å². The predicted octanol–water partition coefficient (Wildman–Crippen LogP) is 8.77. The minimum Gasteiger partial charge on any atom is -0.309 e. The highest BCUT2D eigenvalue weighted by Crippen LogP contribution is 2.42. The van der Waals surface area contributed by atoms with E-state index in [0.29, 0.717) is 0 Å². The molecule has 0 aliphatic carbocycles. The highest BCUT2D eigenvalue weighted by molar-refractivity contribution is 7.15. The van der Waals surface area contributed by atoms with Gasteiger partial charge in [-0.15, -0.1) is 11.3 Å². The molecule has 0 aliphatic rings. The summed E-state index contributed by atoms with van der Waals surface area (Å²) in [7, 11) is 0. The Morgan fingerprint density at radius 2 is 1.33 bits per heavy atom. The standard InChI is InChI=1S/C32H21N3S/c1-20-18-33-35-29-19-36-32(30(29)25-13-2-3-14-26(25)31(20)35)21-9-8-10-22(17-21)34-27-15-6-4-11-23(27)24-12-5-7-16-28(24)34/h2-19H,1H3. The van der Waals surface area contributed by atoms with Crippen LogP contribution in [0.3, 0.4) is 0 Å². The van der Waals surface area contributed by atoms with E-state index in [-0.39, 0.29) is 0 Å². The first kappa shape index (κ1) is 19.8. The number of para-hydroxylation sites is 2. The number of benzene rings is 4. The number of pyridine rings is 1. The molecule has 8 aromatic rings. The van der Waals surface area contributed by atoms with Gasteiger partial charge in [-0.2, -0.15) is 5.10 Å². The van der Waals surface area contributed by atoms with Crippen molar-refractivity contribution in [3.8, 4) is 16.1 Å². The van der Waals surface area contributed by atoms with Crippen molar-refractivity contribution >= 4 is 60.3 Å². The molecular weight excluding hydrogens is 458 g/mol. The molecule has 0 saturated heterocycles. The van der Waals surface area contributed by atoms with E-state index in [2.05, 4.69) is 118 Å². The fourth-order valence-corrected chi connectivity index (χ4v) is 6.85. The van der Waals surface area contributed by atoms with Crippen molar-refractivity contribution in [2.75, 3.05) is 0 Å². The number of fused-ring (bicyclic) bond motifs is 9. The fourth-order valence-electron chi connectivity index (χ4n) is 5.81. The summed E-state index contributed by atoms with van der Waals surface area (Å²) >= 11 is 1.80. The van der Waals surface area contributed by atoms with E-state index >= 15 is 0 Å². The molecule has 0 spiro atoms. The Morgan fingerprint density at radius 1 is 0.667 bits per heavy atom. The number of aromatic nitrogens is 3. The molecule has 170 valence electrons. The van der Waals surface area contributed by atoms with Crippen molar-refractivity contribution in [3.63, 3.8) is 0 Å². The lowest BCUT2D eigenvalue weighted by atomic mass is 10.0. The average molecular weight is 480 g/mol. The fraction of sp³-hybridized carbons (Fsp3) is 0.0312. The van der Waals surface area contributed by atoms with Crippen LogP contribution in [0.5, 0.6) is 0 Å². The number of aryl methyl sites for hydroxylation is 1. The van der Waals surface area contributed by atoms with Crippen LogP contribution in [-0.4, -0.2) is 14.2 Å². The molecular formula is C32H21N3S. The maximum atomic E-state index is 4.75. The van der Waals surface area contributed by atoms with Crippen LogP contribution in [0.4, 0.5) is 0 Å². The van der Waals surface area contributed by atoms with Crippen LogP contribution in [-0.2, 0) is 0 Å². The maximum Gasteiger partial charge on any atom is 0.0845 e. The molecule has 4 heteroatoms. The summed E-state index contributed by atoms with van der Waals surface area (Å²) in [6.07, 6.45) is 1.97. The summed E-state index contributed by atoms with van der Waals surface area (Å²) in [6.45, 7) is 2.14. The van der Waals surface area contributed by atoms with Crippen molar-refractivity contribution in [1.29, 1.82) is 0 Å². The zero-order valence-corrected chi connectivity index (χ0v) is 20.5. The minimum absolute atomic E-state index is 1.17. The zero-order valence-electron chi connectivity index (χ0n) is 19.6. The van der Waals surface area contributed by atoms with Crippen LogP contribution in [0.1, 0.15) is 5.56 Å². The molecule has 0 fully saturated rings. The zero-order chi connectivity index (χ0) is 23.8. The Hall–Kier alpha value is -4.41. The molecule has 0 amide bonds. The quantitative estimate of drug-likeness (QED) is 0.243. The van der Waals surface area contributed by atoms with Gasteiger partial charge in [0.15, 0.2) is 0 Å². The SMILES string of the molecule is Cc1cnn2c3csc(-c4cccc(-n5c6ccccc6c6ccccc65)c4)c3c3ccccc3c12. The molecule has 0 N–H and O–H groups in total. The van der Waals surface area contributed by atoms with Crippen LogP contribution in [0.25, 0.3) is 65.1 Å². The molecule has 0 saturated carbocycles. The monoisotopic (exact) mass is 479 g/mol. The van der Waals surface area contributed by atoms with Gasteiger partial charge in [-0.05, 0) is 47.7 Å². The Kier molecular flexibility index (Phi) is 4.02. The van der Waals surface area contributed by atoms with Crippen molar-refractivity contribution in [3.05, 3.63) is 114 Å². The largest absolute Gasteiger partial charge is 0.309 e. The van der Waals surface area contributed by atoms with E-state index in [9.17, 15) is 0 Å². The normalized spacial score (nSPS) is 12.0. The third kappa shape index (κ3) is 2.59. The van der Waals surface area contributed by atoms with Crippen LogP contribution < -0.4 is 0 Å². The second-order valence-corrected chi connectivity index (χ2v) is 10.3. The first-order valence-corrected chi connectivity index (χ1v) is 13.0. The number of rotatable bonds is 2. The Bertz CT molecular complexity index is 2070. The predicted molar refractivity (Wildman–Crippen MR) is 153 cm³/mol. The number of thiophene rings is 1. The van der Waals surface area contributed by atoms with Crippen LogP contribution >= 0.6 is 11.3 Å². The maximum absolute atomic E-state index is 4.75. The Balaban J connectivity index is 1.44. The molecule has 8 rings (SSSR count). The van der Waals surface area contributed by atoms with Crippen molar-refractivity contribution < 1.29 is 0 Å². The summed E-state index contributed by atoms with van der Waals surface area (Å²) in [5.74, 6) is 0. The van der Waals surface area contributed by atoms with Gasteiger partial charge in [0, 0.05) is 37.5 Å². The number of nitrogens with zero attached hydrogens (tertiary/aromatic N) is 3. The third-order valence-corrected chi connectivity index (χ3v) is 8.37. The second kappa shape index (κ2) is 7.30. The van der Waals surface area contributed by atoms with Crippen LogP contribution in [0, 0.1) is 6.92 Å². The van der Waals surface area contributed by atoms with Crippen LogP contribution in [0.2, 0.25) is 0 Å². The van der Waals surface area contributed by atoms with Gasteiger partial charge in [-0.1, -0.05) is 72.8 Å². The third-order valence-electron chi connectivity index (χ3n) is 7.35. The summed E-state index contributed by atoms with van der Waals surface area (Å²) in [5, 5.41) is 13.4. The van der Waals surface area contributed by atoms with Gasteiger partial charge in [-0.25, -0.2) is 4.52 Å². The molecule has 0 bridgehead atoms. The average Bonchev–Trinajstić information content (AvgIpc) is 3.63. The first-order valence-electron chi connectivity index (χ1n) is 12.1. The van der Waals surface area contributed by atoms with E-state index < -0.39 is 0 Å². The lowest BCUT2D eigenvalue weighted by molar-refractivity contribution is 1.01. The lowest BCUT2D eigenvalue weighted by Gasteiger charge is -2.11. The number of hydrogen-bond acceptors (Lipinski definition) is 2. The van der Waals surface area contributed by atoms with Gasteiger partial charge >= 0.3 is 0 Å². The molecule has 0 radical (unpaired) electrons. The molecule has 0 aliphatic heterocycles. The van der Waals surface area contributed by atoms with Crippen molar-refractivity contribution in [2.24, 2.45) is 0 Å². The molecule has 4 aromatic carbocycles. The smallest absolute Gasteiger partial charge is 0.0845 e. The molecule has 3 nitrogen and oxygen atoms in total. The molecule has 0 atom stereocenters. The van der Waals surface area contributed by atoms with Crippen LogP contribution in [0.15, 0.2) is 109 Å². The van der Waals surface area contributed by atoms with E-state index in [1.165, 1.54) is 70.7 Å². The van der Waals surface area contributed by atoms with E-state index in [0.717, 1.165) is 0 Å². The van der Waals surface area contributed by atoms with Crippen molar-refractivity contribution in [2.45, 2.75) is 6.92 Å². The summed E-state index contributed by atoms with van der Waals surface area (Å²) < 4.78 is 4.50. The van der Waals surface area contributed by atoms with Gasteiger partial charge in [0.2, 0.25) is 0 Å². The van der Waals surface area contributed by atoms with Gasteiger partial charge in [0.05, 0.1) is 28.3 Å². The summed E-state index contributed by atoms with van der Waals surface area (Å²) in [4.78, 5) is 1.28. The van der Waals surface area contributed by atoms with Gasteiger partial charge in [0.25, 0.3) is 0 Å². The molecule has 4 heterocycles. The van der Waals surface area contributed by atoms with E-state index in [1.54, 1.807) is 11.3 Å². The summed E-state index contributed by atoms with van der Waals surface area (Å²) in [5.41, 5.74) is 8.42. The van der Waals surface area contributed by atoms with Gasteiger partial charge < -0.3 is 4.57 Å². The Labute approximate surface area is 211 Å². The highest BCUT2D eigenvalue weighted by atomic mass is 32.1. The van der Waals surface area contributed by atoms with E-state index in [4.69, 9.17) is 5.10 Å². The Morgan fingerprint density at radius 3 is 2.08 bits per heavy atom. The second-order valence-electron chi connectivity index (χ2n) is 9.38. The van der Waals surface area contributed by atoms with Gasteiger partial charge in [0.1, 0.15) is 0 Å². The summed E-state index contributed by atoms with van der Waals surface area (Å²) in [6, 6.07) is 35.0. The van der Waals surface area contributed by atoms with E-state index in [1.807, 2.05) is 6.20 Å². The molecule has 36 heavy (non-hydrogen) atoms. The first-order chi connectivity index (χ1) is 17.8. The molecule has 0 unspecified atom stereocenters.